The molecule has 0 aliphatic heterocycles. The molecule has 8 heteroatoms. The van der Waals surface area contributed by atoms with E-state index in [2.05, 4.69) is 15.5 Å². The van der Waals surface area contributed by atoms with Gasteiger partial charge in [-0.2, -0.15) is 4.98 Å². The molecular formula is C19H20Cl3N3O2. The summed E-state index contributed by atoms with van der Waals surface area (Å²) in [5.74, 6) is 1.44. The van der Waals surface area contributed by atoms with Gasteiger partial charge in [-0.05, 0) is 26.1 Å². The second kappa shape index (κ2) is 9.95. The predicted octanol–water partition coefficient (Wildman–Crippen LogP) is 5.12. The molecular weight excluding hydrogens is 409 g/mol. The molecule has 0 aliphatic carbocycles. The summed E-state index contributed by atoms with van der Waals surface area (Å²) in [5, 5.41) is 8.21. The van der Waals surface area contributed by atoms with Crippen molar-refractivity contribution >= 4 is 35.6 Å². The first-order chi connectivity index (χ1) is 12.6. The van der Waals surface area contributed by atoms with Gasteiger partial charge < -0.3 is 14.6 Å². The molecule has 144 valence electrons. The van der Waals surface area contributed by atoms with Crippen LogP contribution in [0.1, 0.15) is 30.3 Å². The van der Waals surface area contributed by atoms with Crippen molar-refractivity contribution in [3.63, 3.8) is 0 Å². The maximum atomic E-state index is 6.25. The predicted molar refractivity (Wildman–Crippen MR) is 109 cm³/mol. The van der Waals surface area contributed by atoms with Crippen molar-refractivity contribution in [3.05, 3.63) is 75.9 Å². The van der Waals surface area contributed by atoms with Crippen LogP contribution in [0.25, 0.3) is 0 Å². The van der Waals surface area contributed by atoms with E-state index in [9.17, 15) is 0 Å². The van der Waals surface area contributed by atoms with E-state index in [-0.39, 0.29) is 18.4 Å². The molecule has 0 saturated heterocycles. The van der Waals surface area contributed by atoms with Crippen molar-refractivity contribution in [2.24, 2.45) is 0 Å². The smallest absolute Gasteiger partial charge is 0.272 e. The van der Waals surface area contributed by atoms with Crippen LogP contribution in [0, 0.1) is 0 Å². The number of halogens is 3. The maximum Gasteiger partial charge on any atom is 0.272 e. The van der Waals surface area contributed by atoms with E-state index in [1.807, 2.05) is 44.3 Å². The summed E-state index contributed by atoms with van der Waals surface area (Å²) in [4.78, 5) is 4.50. The summed E-state index contributed by atoms with van der Waals surface area (Å²) in [7, 11) is 1.89. The van der Waals surface area contributed by atoms with Gasteiger partial charge in [-0.1, -0.05) is 58.7 Å². The first-order valence-corrected chi connectivity index (χ1v) is 8.99. The number of hydrogen-bond acceptors (Lipinski definition) is 5. The highest BCUT2D eigenvalue weighted by molar-refractivity contribution is 6.34. The lowest BCUT2D eigenvalue weighted by Gasteiger charge is -2.17. The molecule has 27 heavy (non-hydrogen) atoms. The lowest BCUT2D eigenvalue weighted by Crippen LogP contribution is -2.24. The Morgan fingerprint density at radius 2 is 1.89 bits per heavy atom. The summed E-state index contributed by atoms with van der Waals surface area (Å²) in [6.45, 7) is 2.05. The Morgan fingerprint density at radius 1 is 1.15 bits per heavy atom. The van der Waals surface area contributed by atoms with Gasteiger partial charge in [0.25, 0.3) is 5.89 Å². The number of ether oxygens (including phenoxy) is 1. The summed E-state index contributed by atoms with van der Waals surface area (Å²) in [6.07, 6.45) is 0.0673. The third-order valence-corrected chi connectivity index (χ3v) is 4.48. The zero-order valence-electron chi connectivity index (χ0n) is 14.9. The van der Waals surface area contributed by atoms with Gasteiger partial charge in [0.2, 0.25) is 6.10 Å². The van der Waals surface area contributed by atoms with Crippen LogP contribution in [0.3, 0.4) is 0 Å². The average Bonchev–Trinajstić information content (AvgIpc) is 3.11. The third-order valence-electron chi connectivity index (χ3n) is 3.93. The number of nitrogens with one attached hydrogen (secondary N) is 1. The van der Waals surface area contributed by atoms with E-state index >= 15 is 0 Å². The molecule has 0 radical (unpaired) electrons. The van der Waals surface area contributed by atoms with Crippen molar-refractivity contribution in [2.45, 2.75) is 25.5 Å². The number of hydrogen-bond donors (Lipinski definition) is 1. The first kappa shape index (κ1) is 21.5. The number of likely N-dealkylation sites (N-methyl/N-ethyl adjacent to an activating group) is 1. The van der Waals surface area contributed by atoms with E-state index in [4.69, 9.17) is 32.5 Å². The van der Waals surface area contributed by atoms with Crippen LogP contribution in [0.5, 0.6) is 5.75 Å². The highest BCUT2D eigenvalue weighted by Crippen LogP contribution is 2.34. The summed E-state index contributed by atoms with van der Waals surface area (Å²) in [5.41, 5.74) is 0.875. The van der Waals surface area contributed by atoms with E-state index in [0.29, 0.717) is 33.9 Å². The summed E-state index contributed by atoms with van der Waals surface area (Å²) in [6, 6.07) is 14.9. The molecule has 0 bridgehead atoms. The van der Waals surface area contributed by atoms with E-state index in [0.717, 1.165) is 5.56 Å². The number of aromatic nitrogens is 2. The molecule has 1 heterocycles. The van der Waals surface area contributed by atoms with Crippen LogP contribution in [0.4, 0.5) is 0 Å². The Hall–Kier alpha value is -1.79. The zero-order valence-corrected chi connectivity index (χ0v) is 17.2. The Balaban J connectivity index is 0.00000261. The van der Waals surface area contributed by atoms with Gasteiger partial charge in [0.15, 0.2) is 5.82 Å². The van der Waals surface area contributed by atoms with Gasteiger partial charge in [0.1, 0.15) is 5.75 Å². The van der Waals surface area contributed by atoms with Crippen molar-refractivity contribution in [1.29, 1.82) is 0 Å². The largest absolute Gasteiger partial charge is 0.474 e. The standard InChI is InChI=1S/C19H19Cl2N3O2.ClH/c1-12(22-2)10-17-23-19(26-24-17)18(13-6-4-3-5-7-13)25-16-11-14(20)8-9-15(16)21;/h3-9,11-12,18,22H,10H2,1-2H3;1H. The van der Waals surface area contributed by atoms with Gasteiger partial charge in [-0.15, -0.1) is 12.4 Å². The van der Waals surface area contributed by atoms with Gasteiger partial charge in [0.05, 0.1) is 5.02 Å². The minimum Gasteiger partial charge on any atom is -0.474 e. The van der Waals surface area contributed by atoms with Crippen LogP contribution >= 0.6 is 35.6 Å². The van der Waals surface area contributed by atoms with Crippen molar-refractivity contribution in [3.8, 4) is 5.75 Å². The number of nitrogens with zero attached hydrogens (tertiary/aromatic N) is 2. The Kier molecular flexibility index (Phi) is 7.92. The van der Waals surface area contributed by atoms with Gasteiger partial charge in [0, 0.05) is 29.1 Å². The Labute approximate surface area is 174 Å². The minimum atomic E-state index is -0.585. The summed E-state index contributed by atoms with van der Waals surface area (Å²) < 4.78 is 11.6. The van der Waals surface area contributed by atoms with Gasteiger partial charge in [-0.25, -0.2) is 0 Å². The molecule has 0 saturated carbocycles. The fourth-order valence-corrected chi connectivity index (χ4v) is 2.74. The molecule has 2 unspecified atom stereocenters. The SMILES string of the molecule is CNC(C)Cc1noc(C(Oc2cc(Cl)ccc2Cl)c2ccccc2)n1.Cl. The van der Waals surface area contributed by atoms with Crippen molar-refractivity contribution < 1.29 is 9.26 Å². The Morgan fingerprint density at radius 3 is 2.59 bits per heavy atom. The normalized spacial score (nSPS) is 12.9. The lowest BCUT2D eigenvalue weighted by atomic mass is 10.1. The molecule has 2 atom stereocenters. The van der Waals surface area contributed by atoms with Gasteiger partial charge >= 0.3 is 0 Å². The monoisotopic (exact) mass is 427 g/mol. The van der Waals surface area contributed by atoms with E-state index in [1.165, 1.54) is 0 Å². The molecule has 1 aromatic heterocycles. The van der Waals surface area contributed by atoms with Crippen LogP contribution in [0.2, 0.25) is 10.0 Å². The molecule has 5 nitrogen and oxygen atoms in total. The number of rotatable bonds is 7. The fourth-order valence-electron chi connectivity index (χ4n) is 2.42. The number of benzene rings is 2. The van der Waals surface area contributed by atoms with E-state index < -0.39 is 6.10 Å². The average molecular weight is 429 g/mol. The molecule has 0 amide bonds. The summed E-state index contributed by atoms with van der Waals surface area (Å²) >= 11 is 12.3. The van der Waals surface area contributed by atoms with E-state index in [1.54, 1.807) is 18.2 Å². The van der Waals surface area contributed by atoms with Crippen LogP contribution in [-0.2, 0) is 6.42 Å². The second-order valence-corrected chi connectivity index (χ2v) is 6.77. The fraction of sp³-hybridized carbons (Fsp3) is 0.263. The molecule has 3 rings (SSSR count). The quantitative estimate of drug-likeness (QED) is 0.566. The Bertz CT molecular complexity index is 858. The highest BCUT2D eigenvalue weighted by Gasteiger charge is 2.24. The highest BCUT2D eigenvalue weighted by atomic mass is 35.5. The van der Waals surface area contributed by atoms with Crippen LogP contribution in [-0.4, -0.2) is 23.2 Å². The molecule has 0 aliphatic rings. The maximum absolute atomic E-state index is 6.25. The van der Waals surface area contributed by atoms with Crippen LogP contribution in [0.15, 0.2) is 53.1 Å². The third kappa shape index (κ3) is 5.59. The van der Waals surface area contributed by atoms with Crippen LogP contribution < -0.4 is 10.1 Å². The van der Waals surface area contributed by atoms with Crippen molar-refractivity contribution in [2.75, 3.05) is 7.05 Å². The lowest BCUT2D eigenvalue weighted by molar-refractivity contribution is 0.193. The minimum absolute atomic E-state index is 0. The molecule has 3 aromatic rings. The second-order valence-electron chi connectivity index (χ2n) is 5.93. The molecule has 2 aromatic carbocycles. The van der Waals surface area contributed by atoms with Gasteiger partial charge in [-0.3, -0.25) is 0 Å². The molecule has 0 spiro atoms. The topological polar surface area (TPSA) is 60.2 Å². The zero-order chi connectivity index (χ0) is 18.5. The van der Waals surface area contributed by atoms with Crippen molar-refractivity contribution in [1.82, 2.24) is 15.5 Å². The first-order valence-electron chi connectivity index (χ1n) is 8.23. The molecule has 0 fully saturated rings. The molecule has 1 N–H and O–H groups in total.